The van der Waals surface area contributed by atoms with Crippen molar-refractivity contribution in [2.24, 2.45) is 11.8 Å². The van der Waals surface area contributed by atoms with Crippen molar-refractivity contribution >= 4 is 11.7 Å². The smallest absolute Gasteiger partial charge is 0.271 e. The van der Waals surface area contributed by atoms with Crippen LogP contribution >= 0.6 is 0 Å². The highest BCUT2D eigenvalue weighted by atomic mass is 16.1. The first-order valence-electron chi connectivity index (χ1n) is 6.98. The molecule has 0 radical (unpaired) electrons. The molecule has 1 fully saturated rings. The third kappa shape index (κ3) is 3.91. The molecule has 0 saturated heterocycles. The van der Waals surface area contributed by atoms with Crippen molar-refractivity contribution in [1.82, 2.24) is 15.5 Å². The molecule has 104 valence electrons. The first-order chi connectivity index (χ1) is 9.19. The first-order valence-corrected chi connectivity index (χ1v) is 6.98. The predicted octanol–water partition coefficient (Wildman–Crippen LogP) is 2.07. The zero-order valence-electron chi connectivity index (χ0n) is 11.6. The highest BCUT2D eigenvalue weighted by Gasteiger charge is 2.18. The van der Waals surface area contributed by atoms with Crippen LogP contribution in [0.4, 0.5) is 5.82 Å². The van der Waals surface area contributed by atoms with Gasteiger partial charge in [-0.2, -0.15) is 0 Å². The molecule has 0 unspecified atom stereocenters. The molecule has 1 amide bonds. The Bertz CT molecular complexity index is 410. The Hall–Kier alpha value is -1.65. The highest BCUT2D eigenvalue weighted by molar-refractivity contribution is 5.91. The molecule has 1 saturated carbocycles. The fraction of sp³-hybridized carbons (Fsp3) is 0.643. The van der Waals surface area contributed by atoms with E-state index in [0.29, 0.717) is 5.69 Å². The van der Waals surface area contributed by atoms with E-state index in [1.54, 1.807) is 13.1 Å². The van der Waals surface area contributed by atoms with Crippen molar-refractivity contribution in [3.63, 3.8) is 0 Å². The number of amides is 1. The van der Waals surface area contributed by atoms with Crippen molar-refractivity contribution in [3.8, 4) is 0 Å². The summed E-state index contributed by atoms with van der Waals surface area (Å²) in [6.45, 7) is 3.27. The van der Waals surface area contributed by atoms with Crippen LogP contribution in [0.3, 0.4) is 0 Å². The van der Waals surface area contributed by atoms with E-state index in [9.17, 15) is 4.79 Å². The predicted molar refractivity (Wildman–Crippen MR) is 75.0 cm³/mol. The molecular weight excluding hydrogens is 240 g/mol. The van der Waals surface area contributed by atoms with E-state index >= 15 is 0 Å². The summed E-state index contributed by atoms with van der Waals surface area (Å²) >= 11 is 0. The van der Waals surface area contributed by atoms with Gasteiger partial charge in [0.05, 0.1) is 0 Å². The Morgan fingerprint density at radius 1 is 1.26 bits per heavy atom. The molecule has 0 aromatic carbocycles. The molecule has 1 heterocycles. The second kappa shape index (κ2) is 6.50. The molecule has 1 aliphatic carbocycles. The number of nitrogens with zero attached hydrogens (tertiary/aromatic N) is 2. The van der Waals surface area contributed by atoms with Crippen molar-refractivity contribution in [1.29, 1.82) is 0 Å². The van der Waals surface area contributed by atoms with E-state index in [-0.39, 0.29) is 5.91 Å². The molecule has 0 spiro atoms. The van der Waals surface area contributed by atoms with Gasteiger partial charge in [0.25, 0.3) is 5.91 Å². The van der Waals surface area contributed by atoms with E-state index in [0.717, 1.165) is 24.2 Å². The van der Waals surface area contributed by atoms with Crippen molar-refractivity contribution in [2.75, 3.05) is 18.9 Å². The number of carbonyl (C=O) groups is 1. The Labute approximate surface area is 114 Å². The van der Waals surface area contributed by atoms with Gasteiger partial charge in [0.15, 0.2) is 5.69 Å². The van der Waals surface area contributed by atoms with Gasteiger partial charge in [-0.1, -0.05) is 19.8 Å². The summed E-state index contributed by atoms with van der Waals surface area (Å²) in [7, 11) is 1.58. The zero-order valence-corrected chi connectivity index (χ0v) is 11.6. The molecule has 1 aromatic heterocycles. The lowest BCUT2D eigenvalue weighted by atomic mass is 9.83. The van der Waals surface area contributed by atoms with Crippen LogP contribution in [-0.4, -0.2) is 29.7 Å². The number of hydrogen-bond acceptors (Lipinski definition) is 4. The quantitative estimate of drug-likeness (QED) is 0.871. The first kappa shape index (κ1) is 13.8. The second-order valence-electron chi connectivity index (χ2n) is 5.39. The third-order valence-corrected chi connectivity index (χ3v) is 3.83. The van der Waals surface area contributed by atoms with Gasteiger partial charge in [-0.15, -0.1) is 10.2 Å². The van der Waals surface area contributed by atoms with E-state index < -0.39 is 0 Å². The number of nitrogens with one attached hydrogen (secondary N) is 2. The van der Waals surface area contributed by atoms with Crippen LogP contribution in [0.15, 0.2) is 12.1 Å². The molecule has 1 aliphatic rings. The standard InChI is InChI=1S/C14H22N4O/c1-10-3-5-11(6-4-10)9-16-13-8-7-12(17-18-13)14(19)15-2/h7-8,10-11H,3-6,9H2,1-2H3,(H,15,19)(H,16,18). The van der Waals surface area contributed by atoms with Crippen LogP contribution < -0.4 is 10.6 Å². The fourth-order valence-corrected chi connectivity index (χ4v) is 2.46. The molecular formula is C14H22N4O. The number of hydrogen-bond donors (Lipinski definition) is 2. The van der Waals surface area contributed by atoms with Crippen LogP contribution in [0.5, 0.6) is 0 Å². The van der Waals surface area contributed by atoms with Gasteiger partial charge in [0.1, 0.15) is 5.82 Å². The lowest BCUT2D eigenvalue weighted by Gasteiger charge is -2.26. The highest BCUT2D eigenvalue weighted by Crippen LogP contribution is 2.28. The van der Waals surface area contributed by atoms with Crippen LogP contribution in [0.25, 0.3) is 0 Å². The molecule has 19 heavy (non-hydrogen) atoms. The van der Waals surface area contributed by atoms with E-state index in [2.05, 4.69) is 27.8 Å². The van der Waals surface area contributed by atoms with Gasteiger partial charge in [-0.3, -0.25) is 4.79 Å². The summed E-state index contributed by atoms with van der Waals surface area (Å²) in [6.07, 6.45) is 5.23. The number of rotatable bonds is 4. The summed E-state index contributed by atoms with van der Waals surface area (Å²) in [4.78, 5) is 11.3. The molecule has 2 rings (SSSR count). The molecule has 0 atom stereocenters. The lowest BCUT2D eigenvalue weighted by molar-refractivity contribution is 0.0957. The van der Waals surface area contributed by atoms with Crippen molar-refractivity contribution in [2.45, 2.75) is 32.6 Å². The SMILES string of the molecule is CNC(=O)c1ccc(NCC2CCC(C)CC2)nn1. The maximum atomic E-state index is 11.3. The van der Waals surface area contributed by atoms with Crippen LogP contribution in [0, 0.1) is 11.8 Å². The average molecular weight is 262 g/mol. The summed E-state index contributed by atoms with van der Waals surface area (Å²) in [5.41, 5.74) is 0.347. The largest absolute Gasteiger partial charge is 0.368 e. The van der Waals surface area contributed by atoms with Gasteiger partial charge in [-0.25, -0.2) is 0 Å². The monoisotopic (exact) mass is 262 g/mol. The number of carbonyl (C=O) groups excluding carboxylic acids is 1. The minimum atomic E-state index is -0.208. The van der Waals surface area contributed by atoms with Crippen LogP contribution in [-0.2, 0) is 0 Å². The Morgan fingerprint density at radius 3 is 2.58 bits per heavy atom. The Morgan fingerprint density at radius 2 is 2.00 bits per heavy atom. The zero-order chi connectivity index (χ0) is 13.7. The van der Waals surface area contributed by atoms with E-state index in [1.165, 1.54) is 25.7 Å². The molecule has 0 bridgehead atoms. The minimum absolute atomic E-state index is 0.208. The topological polar surface area (TPSA) is 66.9 Å². The van der Waals surface area contributed by atoms with E-state index in [1.807, 2.05) is 6.07 Å². The molecule has 2 N–H and O–H groups in total. The van der Waals surface area contributed by atoms with Gasteiger partial charge in [-0.05, 0) is 36.8 Å². The van der Waals surface area contributed by atoms with Crippen molar-refractivity contribution in [3.05, 3.63) is 17.8 Å². The van der Waals surface area contributed by atoms with Gasteiger partial charge >= 0.3 is 0 Å². The van der Waals surface area contributed by atoms with Crippen LogP contribution in [0.2, 0.25) is 0 Å². The van der Waals surface area contributed by atoms with Gasteiger partial charge in [0, 0.05) is 13.6 Å². The summed E-state index contributed by atoms with van der Waals surface area (Å²) < 4.78 is 0. The number of aromatic nitrogens is 2. The molecule has 0 aliphatic heterocycles. The molecule has 1 aromatic rings. The summed E-state index contributed by atoms with van der Waals surface area (Å²) in [6, 6.07) is 3.50. The maximum absolute atomic E-state index is 11.3. The lowest BCUT2D eigenvalue weighted by Crippen LogP contribution is -2.22. The summed E-state index contributed by atoms with van der Waals surface area (Å²) in [5, 5.41) is 13.8. The molecule has 5 heteroatoms. The van der Waals surface area contributed by atoms with Crippen molar-refractivity contribution < 1.29 is 4.79 Å². The average Bonchev–Trinajstić information content (AvgIpc) is 2.46. The third-order valence-electron chi connectivity index (χ3n) is 3.83. The van der Waals surface area contributed by atoms with E-state index in [4.69, 9.17) is 0 Å². The minimum Gasteiger partial charge on any atom is -0.368 e. The van der Waals surface area contributed by atoms with Crippen LogP contribution in [0.1, 0.15) is 43.1 Å². The Balaban J connectivity index is 1.81. The Kier molecular flexibility index (Phi) is 4.71. The molecule has 5 nitrogen and oxygen atoms in total. The fourth-order valence-electron chi connectivity index (χ4n) is 2.46. The second-order valence-corrected chi connectivity index (χ2v) is 5.39. The summed E-state index contributed by atoms with van der Waals surface area (Å²) in [5.74, 6) is 2.14. The normalized spacial score (nSPS) is 22.8. The number of anilines is 1. The van der Waals surface area contributed by atoms with Gasteiger partial charge in [0.2, 0.25) is 0 Å². The maximum Gasteiger partial charge on any atom is 0.271 e. The van der Waals surface area contributed by atoms with Gasteiger partial charge < -0.3 is 10.6 Å².